The van der Waals surface area contributed by atoms with Gasteiger partial charge in [-0.05, 0) is 6.42 Å². The SMILES string of the molecule is CCCCCCCCCCCCC(Br)C(=O)SC(CC(=O)[O-])C[N+](C)(C)C. The van der Waals surface area contributed by atoms with Crippen LogP contribution in [0.2, 0.25) is 0 Å². The van der Waals surface area contributed by atoms with Crippen molar-refractivity contribution in [2.75, 3.05) is 27.7 Å². The van der Waals surface area contributed by atoms with Crippen molar-refractivity contribution >= 4 is 38.8 Å². The smallest absolute Gasteiger partial charge is 0.203 e. The van der Waals surface area contributed by atoms with Crippen molar-refractivity contribution in [2.24, 2.45) is 0 Å². The molecule has 2 atom stereocenters. The van der Waals surface area contributed by atoms with Gasteiger partial charge in [-0.15, -0.1) is 0 Å². The summed E-state index contributed by atoms with van der Waals surface area (Å²) in [5, 5.41) is 10.8. The summed E-state index contributed by atoms with van der Waals surface area (Å²) < 4.78 is 0.629. The van der Waals surface area contributed by atoms with Gasteiger partial charge < -0.3 is 14.4 Å². The zero-order valence-corrected chi connectivity index (χ0v) is 20.2. The van der Waals surface area contributed by atoms with Crippen LogP contribution < -0.4 is 5.11 Å². The summed E-state index contributed by atoms with van der Waals surface area (Å²) in [5.74, 6) is -1.09. The van der Waals surface area contributed by atoms with Crippen molar-refractivity contribution in [1.82, 2.24) is 0 Å². The maximum absolute atomic E-state index is 12.4. The third-order valence-electron chi connectivity index (χ3n) is 4.50. The second kappa shape index (κ2) is 15.8. The van der Waals surface area contributed by atoms with Crippen LogP contribution in [0.15, 0.2) is 0 Å². The van der Waals surface area contributed by atoms with E-state index in [2.05, 4.69) is 22.9 Å². The number of aliphatic carboxylic acids is 1. The van der Waals surface area contributed by atoms with Crippen LogP contribution in [0, 0.1) is 0 Å². The first-order valence-corrected chi connectivity index (χ1v) is 12.3. The Morgan fingerprint density at radius 2 is 1.41 bits per heavy atom. The van der Waals surface area contributed by atoms with Gasteiger partial charge in [0, 0.05) is 12.4 Å². The molecule has 0 spiro atoms. The molecule has 6 heteroatoms. The molecule has 0 aliphatic heterocycles. The summed E-state index contributed by atoms with van der Waals surface area (Å²) in [5.41, 5.74) is 0. The Balaban J connectivity index is 3.93. The van der Waals surface area contributed by atoms with E-state index < -0.39 is 5.97 Å². The van der Waals surface area contributed by atoms with Gasteiger partial charge in [0.1, 0.15) is 0 Å². The Labute approximate surface area is 179 Å². The molecular weight excluding hydrogens is 426 g/mol. The molecule has 0 aromatic heterocycles. The van der Waals surface area contributed by atoms with E-state index in [4.69, 9.17) is 0 Å². The van der Waals surface area contributed by atoms with Crippen molar-refractivity contribution in [3.8, 4) is 0 Å². The van der Waals surface area contributed by atoms with Crippen LogP contribution in [0.25, 0.3) is 0 Å². The quantitative estimate of drug-likeness (QED) is 0.180. The molecule has 0 saturated carbocycles. The first-order valence-electron chi connectivity index (χ1n) is 10.5. The number of unbranched alkanes of at least 4 members (excludes halogenated alkanes) is 9. The predicted molar refractivity (Wildman–Crippen MR) is 118 cm³/mol. The Morgan fingerprint density at radius 1 is 0.926 bits per heavy atom. The number of thioether (sulfide) groups is 1. The van der Waals surface area contributed by atoms with Gasteiger partial charge in [0.15, 0.2) is 0 Å². The molecule has 0 N–H and O–H groups in total. The summed E-state index contributed by atoms with van der Waals surface area (Å²) in [6.07, 6.45) is 13.5. The van der Waals surface area contributed by atoms with E-state index >= 15 is 0 Å². The number of carbonyl (C=O) groups excluding carboxylic acids is 2. The number of hydrogen-bond acceptors (Lipinski definition) is 4. The average Bonchev–Trinajstić information content (AvgIpc) is 2.54. The molecule has 0 bridgehead atoms. The fraction of sp³-hybridized carbons (Fsp3) is 0.905. The molecule has 0 heterocycles. The summed E-state index contributed by atoms with van der Waals surface area (Å²) in [7, 11) is 6.01. The van der Waals surface area contributed by atoms with Crippen molar-refractivity contribution in [1.29, 1.82) is 0 Å². The van der Waals surface area contributed by atoms with Crippen molar-refractivity contribution in [3.63, 3.8) is 0 Å². The van der Waals surface area contributed by atoms with E-state index in [1.54, 1.807) is 0 Å². The Bertz CT molecular complexity index is 413. The molecule has 0 saturated heterocycles. The zero-order chi connectivity index (χ0) is 20.7. The van der Waals surface area contributed by atoms with E-state index in [-0.39, 0.29) is 21.6 Å². The molecular formula is C21H40BrNO3S. The topological polar surface area (TPSA) is 57.2 Å². The van der Waals surface area contributed by atoms with Crippen molar-refractivity contribution in [3.05, 3.63) is 0 Å². The highest BCUT2D eigenvalue weighted by molar-refractivity contribution is 9.10. The van der Waals surface area contributed by atoms with Gasteiger partial charge in [-0.2, -0.15) is 0 Å². The van der Waals surface area contributed by atoms with E-state index in [0.717, 1.165) is 19.3 Å². The first kappa shape index (κ1) is 26.9. The normalized spacial score (nSPS) is 14.1. The van der Waals surface area contributed by atoms with Crippen molar-refractivity contribution < 1.29 is 19.2 Å². The number of rotatable bonds is 17. The van der Waals surface area contributed by atoms with E-state index in [9.17, 15) is 14.7 Å². The average molecular weight is 467 g/mol. The molecule has 4 nitrogen and oxygen atoms in total. The van der Waals surface area contributed by atoms with Gasteiger partial charge in [-0.1, -0.05) is 98.8 Å². The van der Waals surface area contributed by atoms with E-state index in [1.165, 1.54) is 63.1 Å². The number of nitrogens with zero attached hydrogens (tertiary/aromatic N) is 1. The number of quaternary nitrogens is 1. The Hall–Kier alpha value is -0.0700. The summed E-state index contributed by atoms with van der Waals surface area (Å²) in [4.78, 5) is 23.2. The minimum absolute atomic E-state index is 0.0469. The first-order chi connectivity index (χ1) is 12.7. The van der Waals surface area contributed by atoms with Crippen LogP contribution in [0.1, 0.15) is 84.0 Å². The largest absolute Gasteiger partial charge is 0.550 e. The number of carbonyl (C=O) groups is 2. The molecule has 0 aliphatic rings. The van der Waals surface area contributed by atoms with Gasteiger partial charge in [0.2, 0.25) is 5.12 Å². The second-order valence-corrected chi connectivity index (χ2v) is 11.0. The monoisotopic (exact) mass is 465 g/mol. The van der Waals surface area contributed by atoms with Crippen LogP contribution in [0.3, 0.4) is 0 Å². The van der Waals surface area contributed by atoms with Crippen molar-refractivity contribution in [2.45, 2.75) is 94.1 Å². The van der Waals surface area contributed by atoms with Gasteiger partial charge in [0.25, 0.3) is 0 Å². The number of alkyl halides is 1. The molecule has 0 rings (SSSR count). The maximum Gasteiger partial charge on any atom is 0.203 e. The van der Waals surface area contributed by atoms with Crippen LogP contribution >= 0.6 is 27.7 Å². The van der Waals surface area contributed by atoms with Gasteiger partial charge in [-0.3, -0.25) is 4.79 Å². The summed E-state index contributed by atoms with van der Waals surface area (Å²) >= 11 is 4.66. The Morgan fingerprint density at radius 3 is 1.85 bits per heavy atom. The molecule has 0 aliphatic carbocycles. The molecule has 160 valence electrons. The van der Waals surface area contributed by atoms with Crippen LogP contribution in [0.4, 0.5) is 0 Å². The van der Waals surface area contributed by atoms with Gasteiger partial charge >= 0.3 is 0 Å². The van der Waals surface area contributed by atoms with E-state index in [0.29, 0.717) is 11.0 Å². The lowest BCUT2D eigenvalue weighted by atomic mass is 10.1. The summed E-state index contributed by atoms with van der Waals surface area (Å²) in [6, 6.07) is 0. The van der Waals surface area contributed by atoms with Crippen LogP contribution in [-0.4, -0.2) is 53.3 Å². The van der Waals surface area contributed by atoms with Crippen LogP contribution in [-0.2, 0) is 9.59 Å². The van der Waals surface area contributed by atoms with Gasteiger partial charge in [0.05, 0.1) is 37.8 Å². The minimum Gasteiger partial charge on any atom is -0.550 e. The highest BCUT2D eigenvalue weighted by atomic mass is 79.9. The zero-order valence-electron chi connectivity index (χ0n) is 17.8. The molecule has 0 fully saturated rings. The molecule has 0 amide bonds. The van der Waals surface area contributed by atoms with E-state index in [1.807, 2.05) is 21.1 Å². The predicted octanol–water partition coefficient (Wildman–Crippen LogP) is 4.54. The third-order valence-corrected chi connectivity index (χ3v) is 6.84. The molecule has 0 radical (unpaired) electrons. The lowest BCUT2D eigenvalue weighted by molar-refractivity contribution is -0.869. The van der Waals surface area contributed by atoms with Gasteiger partial charge in [-0.25, -0.2) is 0 Å². The lowest BCUT2D eigenvalue weighted by Crippen LogP contribution is -2.43. The number of halogens is 1. The summed E-state index contributed by atoms with van der Waals surface area (Å²) in [6.45, 7) is 2.87. The highest BCUT2D eigenvalue weighted by Gasteiger charge is 2.25. The fourth-order valence-electron chi connectivity index (χ4n) is 3.11. The molecule has 2 unspecified atom stereocenters. The minimum atomic E-state index is -1.09. The third kappa shape index (κ3) is 17.7. The highest BCUT2D eigenvalue weighted by Crippen LogP contribution is 2.25. The number of carboxylic acid groups (broad SMARTS) is 1. The molecule has 0 aromatic carbocycles. The lowest BCUT2D eigenvalue weighted by Gasteiger charge is -2.29. The number of hydrogen-bond donors (Lipinski definition) is 0. The second-order valence-electron chi connectivity index (χ2n) is 8.55. The molecule has 27 heavy (non-hydrogen) atoms. The standard InChI is InChI=1S/C21H40BrNO3S/c1-5-6-7-8-9-10-11-12-13-14-15-19(22)21(26)27-18(16-20(24)25)17-23(2,3)4/h18-19H,5-17H2,1-4H3. The fourth-order valence-corrected chi connectivity index (χ4v) is 5.09. The van der Waals surface area contributed by atoms with Crippen LogP contribution in [0.5, 0.6) is 0 Å². The Kier molecular flexibility index (Phi) is 15.8. The maximum atomic E-state index is 12.4. The number of carboxylic acids is 1. The molecule has 0 aromatic rings.